The number of aliphatic hydroxyl groups is 1. The predicted molar refractivity (Wildman–Crippen MR) is 130 cm³/mol. The Kier molecular flexibility index (Phi) is 6.63. The Morgan fingerprint density at radius 3 is 2.00 bits per heavy atom. The van der Waals surface area contributed by atoms with E-state index in [-0.39, 0.29) is 23.6 Å². The van der Waals surface area contributed by atoms with E-state index in [0.29, 0.717) is 17.2 Å². The van der Waals surface area contributed by atoms with Gasteiger partial charge in [-0.2, -0.15) is 0 Å². The Bertz CT molecular complexity index is 1100. The second kappa shape index (κ2) is 9.70. The molecule has 2 atom stereocenters. The smallest absolute Gasteiger partial charge is 0.337 e. The van der Waals surface area contributed by atoms with Crippen molar-refractivity contribution in [2.45, 2.75) is 37.2 Å². The van der Waals surface area contributed by atoms with E-state index in [0.717, 1.165) is 63.4 Å². The highest BCUT2D eigenvalue weighted by Crippen LogP contribution is 2.40. The van der Waals surface area contributed by atoms with Crippen LogP contribution in [0.1, 0.15) is 38.3 Å². The van der Waals surface area contributed by atoms with E-state index in [1.54, 1.807) is 12.1 Å². The lowest BCUT2D eigenvalue weighted by Gasteiger charge is -2.61. The number of carbonyl (C=O) groups excluding carboxylic acids is 2. The van der Waals surface area contributed by atoms with Crippen molar-refractivity contribution in [1.29, 1.82) is 0 Å². The van der Waals surface area contributed by atoms with Crippen LogP contribution in [-0.4, -0.2) is 96.4 Å². The molecule has 0 bridgehead atoms. The van der Waals surface area contributed by atoms with Gasteiger partial charge in [0.2, 0.25) is 0 Å². The van der Waals surface area contributed by atoms with Crippen LogP contribution in [0.25, 0.3) is 0 Å². The number of fused-ring (bicyclic) bond motifs is 2. The van der Waals surface area contributed by atoms with Gasteiger partial charge in [0.1, 0.15) is 0 Å². The summed E-state index contributed by atoms with van der Waals surface area (Å²) >= 11 is 0. The summed E-state index contributed by atoms with van der Waals surface area (Å²) in [4.78, 5) is 31.3. The number of piperazine rings is 1. The van der Waals surface area contributed by atoms with Gasteiger partial charge in [-0.25, -0.2) is 9.59 Å². The zero-order valence-electron chi connectivity index (χ0n) is 20.4. The molecule has 0 aliphatic carbocycles. The van der Waals surface area contributed by atoms with Crippen molar-refractivity contribution >= 4 is 11.9 Å². The van der Waals surface area contributed by atoms with Crippen LogP contribution in [-0.2, 0) is 22.6 Å². The van der Waals surface area contributed by atoms with Crippen LogP contribution in [0.15, 0.2) is 48.5 Å². The second-order valence-corrected chi connectivity index (χ2v) is 10.1. The number of aliphatic hydroxyl groups excluding tert-OH is 1. The number of ether oxygens (including phenoxy) is 2. The molecule has 1 N–H and O–H groups in total. The number of likely N-dealkylation sites (tertiary alicyclic amines) is 1. The number of hydrogen-bond acceptors (Lipinski definition) is 8. The van der Waals surface area contributed by atoms with E-state index in [1.807, 2.05) is 30.3 Å². The summed E-state index contributed by atoms with van der Waals surface area (Å²) in [5, 5.41) is 10.5. The van der Waals surface area contributed by atoms with Crippen LogP contribution in [0.4, 0.5) is 0 Å². The van der Waals surface area contributed by atoms with Gasteiger partial charge in [-0.15, -0.1) is 0 Å². The zero-order chi connectivity index (χ0) is 24.6. The van der Waals surface area contributed by atoms with Crippen molar-refractivity contribution in [3.8, 4) is 0 Å². The van der Waals surface area contributed by atoms with E-state index in [2.05, 4.69) is 20.8 Å². The van der Waals surface area contributed by atoms with Crippen LogP contribution in [0, 0.1) is 0 Å². The topological polar surface area (TPSA) is 82.5 Å². The molecule has 0 radical (unpaired) electrons. The van der Waals surface area contributed by atoms with E-state index in [4.69, 9.17) is 9.47 Å². The Labute approximate surface area is 206 Å². The third-order valence-electron chi connectivity index (χ3n) is 7.53. The van der Waals surface area contributed by atoms with E-state index < -0.39 is 0 Å². The van der Waals surface area contributed by atoms with Crippen LogP contribution >= 0.6 is 0 Å². The first-order valence-electron chi connectivity index (χ1n) is 12.1. The first-order valence-corrected chi connectivity index (χ1v) is 12.1. The van der Waals surface area contributed by atoms with Gasteiger partial charge in [0.25, 0.3) is 0 Å². The molecular weight excluding hydrogens is 446 g/mol. The molecule has 186 valence electrons. The molecule has 2 unspecified atom stereocenters. The average molecular weight is 480 g/mol. The highest BCUT2D eigenvalue weighted by Gasteiger charge is 2.55. The normalized spacial score (nSPS) is 24.1. The molecule has 0 saturated carbocycles. The van der Waals surface area contributed by atoms with Crippen molar-refractivity contribution in [2.24, 2.45) is 0 Å². The minimum absolute atomic E-state index is 0.000313. The lowest BCUT2D eigenvalue weighted by atomic mass is 9.83. The molecule has 8 heteroatoms. The maximum Gasteiger partial charge on any atom is 0.337 e. The second-order valence-electron chi connectivity index (χ2n) is 10.1. The average Bonchev–Trinajstić information content (AvgIpc) is 3.23. The molecular formula is C27H33N3O5. The van der Waals surface area contributed by atoms with Crippen molar-refractivity contribution in [1.82, 2.24) is 14.7 Å². The summed E-state index contributed by atoms with van der Waals surface area (Å²) in [5.41, 5.74) is 3.32. The highest BCUT2D eigenvalue weighted by molar-refractivity contribution is 5.89. The Morgan fingerprint density at radius 1 is 0.886 bits per heavy atom. The number of rotatable bonds is 6. The van der Waals surface area contributed by atoms with E-state index in [1.165, 1.54) is 14.2 Å². The van der Waals surface area contributed by atoms with Gasteiger partial charge >= 0.3 is 11.9 Å². The minimum atomic E-state index is -0.321. The van der Waals surface area contributed by atoms with Gasteiger partial charge < -0.3 is 14.6 Å². The van der Waals surface area contributed by atoms with E-state index in [9.17, 15) is 14.7 Å². The van der Waals surface area contributed by atoms with Gasteiger partial charge in [0.15, 0.2) is 0 Å². The summed E-state index contributed by atoms with van der Waals surface area (Å²) in [6, 6.07) is 15.6. The minimum Gasteiger partial charge on any atom is -0.465 e. The monoisotopic (exact) mass is 479 g/mol. The molecule has 3 aliphatic heterocycles. The van der Waals surface area contributed by atoms with Crippen LogP contribution in [0.3, 0.4) is 0 Å². The van der Waals surface area contributed by atoms with Gasteiger partial charge in [0.05, 0.1) is 37.0 Å². The molecule has 3 fully saturated rings. The number of methoxy groups -OCH3 is 2. The van der Waals surface area contributed by atoms with Gasteiger partial charge in [-0.05, 0) is 41.8 Å². The van der Waals surface area contributed by atoms with Crippen molar-refractivity contribution < 1.29 is 24.2 Å². The quantitative estimate of drug-likeness (QED) is 0.628. The van der Waals surface area contributed by atoms with Crippen LogP contribution < -0.4 is 0 Å². The molecule has 1 spiro atoms. The Morgan fingerprint density at radius 2 is 1.43 bits per heavy atom. The zero-order valence-corrected chi connectivity index (χ0v) is 20.4. The van der Waals surface area contributed by atoms with Crippen molar-refractivity contribution in [3.63, 3.8) is 0 Å². The van der Waals surface area contributed by atoms with Crippen molar-refractivity contribution in [3.05, 3.63) is 70.8 Å². The van der Waals surface area contributed by atoms with Crippen LogP contribution in [0.5, 0.6) is 0 Å². The summed E-state index contributed by atoms with van der Waals surface area (Å²) in [6.45, 7) is 5.90. The number of hydrogen-bond donors (Lipinski definition) is 1. The molecule has 2 aromatic carbocycles. The molecule has 2 aromatic rings. The number of nitrogens with zero attached hydrogens (tertiary/aromatic N) is 3. The molecule has 3 saturated heterocycles. The molecule has 3 heterocycles. The summed E-state index contributed by atoms with van der Waals surface area (Å²) in [6.07, 6.45) is 0.506. The van der Waals surface area contributed by atoms with Crippen LogP contribution in [0.2, 0.25) is 0 Å². The molecule has 5 rings (SSSR count). The van der Waals surface area contributed by atoms with Crippen molar-refractivity contribution in [2.75, 3.05) is 46.9 Å². The van der Waals surface area contributed by atoms with Gasteiger partial charge in [-0.3, -0.25) is 14.7 Å². The Hall–Kier alpha value is -2.78. The number of benzene rings is 2. The van der Waals surface area contributed by atoms with E-state index >= 15 is 0 Å². The predicted octanol–water partition coefficient (Wildman–Crippen LogP) is 1.77. The Balaban J connectivity index is 1.28. The molecule has 8 nitrogen and oxygen atoms in total. The standard InChI is InChI=1S/C27H33N3O5/c1-34-25(32)21-7-3-5-19(9-21)12-28-14-23-11-24(31)15-30(23)27(16-28)17-29(18-27)13-20-6-4-8-22(10-20)26(33)35-2/h3-10,23-24,31H,11-18H2,1-2H3. The number of esters is 2. The lowest BCUT2D eigenvalue weighted by Crippen LogP contribution is -2.77. The molecule has 3 aliphatic rings. The first kappa shape index (κ1) is 23.9. The third-order valence-corrected chi connectivity index (χ3v) is 7.53. The van der Waals surface area contributed by atoms with Gasteiger partial charge in [0, 0.05) is 51.9 Å². The maximum atomic E-state index is 12.0. The lowest BCUT2D eigenvalue weighted by molar-refractivity contribution is -0.118. The molecule has 0 aromatic heterocycles. The van der Waals surface area contributed by atoms with Gasteiger partial charge in [-0.1, -0.05) is 24.3 Å². The molecule has 35 heavy (non-hydrogen) atoms. The first-order chi connectivity index (χ1) is 16.9. The highest BCUT2D eigenvalue weighted by atomic mass is 16.5. The SMILES string of the molecule is COC(=O)c1cccc(CN2CC3CC(O)CN3C3(C2)CN(Cc2cccc(C(=O)OC)c2)C3)c1. The number of carbonyl (C=O) groups is 2. The molecule has 0 amide bonds. The fraction of sp³-hybridized carbons (Fsp3) is 0.481. The fourth-order valence-electron chi connectivity index (χ4n) is 6.16. The largest absolute Gasteiger partial charge is 0.465 e. The number of β-amino-alcohol motifs (C(OH)–C–C–N with tert-alkyl or cyclic N) is 1. The summed E-state index contributed by atoms with van der Waals surface area (Å²) in [7, 11) is 2.80. The third kappa shape index (κ3) is 4.84. The summed E-state index contributed by atoms with van der Waals surface area (Å²) < 4.78 is 9.74. The summed E-state index contributed by atoms with van der Waals surface area (Å²) in [5.74, 6) is -0.641. The fourth-order valence-corrected chi connectivity index (χ4v) is 6.16. The maximum absolute atomic E-state index is 12.0.